The number of H-pyrrole nitrogens is 1. The van der Waals surface area contributed by atoms with Crippen molar-refractivity contribution in [1.82, 2.24) is 15.2 Å². The highest BCUT2D eigenvalue weighted by atomic mass is 127. The molecule has 2 aromatic rings. The minimum absolute atomic E-state index is 0.156. The minimum atomic E-state index is -1.02. The zero-order valence-corrected chi connectivity index (χ0v) is 17.4. The van der Waals surface area contributed by atoms with Gasteiger partial charge in [0.1, 0.15) is 16.5 Å². The van der Waals surface area contributed by atoms with E-state index in [0.717, 1.165) is 36.0 Å². The first-order valence-corrected chi connectivity index (χ1v) is 9.49. The van der Waals surface area contributed by atoms with E-state index in [-0.39, 0.29) is 4.91 Å². The summed E-state index contributed by atoms with van der Waals surface area (Å²) in [6, 6.07) is 3.75. The fraction of sp³-hybridized carbons (Fsp3) is 0.214. The Morgan fingerprint density at radius 1 is 1.43 bits per heavy atom. The highest BCUT2D eigenvalue weighted by molar-refractivity contribution is 14.1. The van der Waals surface area contributed by atoms with Crippen molar-refractivity contribution in [1.29, 1.82) is 0 Å². The van der Waals surface area contributed by atoms with Crippen LogP contribution in [0.15, 0.2) is 22.2 Å². The average molecular weight is 557 g/mol. The molecule has 122 valence electrons. The molecule has 0 amide bonds. The van der Waals surface area contributed by atoms with Gasteiger partial charge in [-0.1, -0.05) is 6.92 Å². The van der Waals surface area contributed by atoms with E-state index in [1.807, 2.05) is 19.1 Å². The fourth-order valence-electron chi connectivity index (χ4n) is 1.72. The number of ether oxygens (including phenoxy) is 1. The van der Waals surface area contributed by atoms with Crippen LogP contribution in [0, 0.1) is 7.14 Å². The summed E-state index contributed by atoms with van der Waals surface area (Å²) in [5.41, 5.74) is 0.788. The van der Waals surface area contributed by atoms with E-state index in [1.165, 1.54) is 0 Å². The van der Waals surface area contributed by atoms with Crippen molar-refractivity contribution in [3.05, 3.63) is 35.6 Å². The van der Waals surface area contributed by atoms with Crippen molar-refractivity contribution < 1.29 is 14.6 Å². The number of thioether (sulfide) groups is 1. The third-order valence-electron chi connectivity index (χ3n) is 2.78. The summed E-state index contributed by atoms with van der Waals surface area (Å²) >= 11 is 5.35. The number of hydrogen-bond acceptors (Lipinski definition) is 5. The molecular weight excluding hydrogens is 544 g/mol. The first-order chi connectivity index (χ1) is 10.9. The highest BCUT2D eigenvalue weighted by Crippen LogP contribution is 2.31. The molecular formula is C14H13I2N3O3S. The molecule has 1 aromatic heterocycles. The summed E-state index contributed by atoms with van der Waals surface area (Å²) in [6.45, 7) is 1.95. The molecule has 0 aliphatic rings. The number of benzene rings is 1. The van der Waals surface area contributed by atoms with Gasteiger partial charge in [0, 0.05) is 6.42 Å². The normalized spacial score (nSPS) is 11.6. The Morgan fingerprint density at radius 2 is 2.09 bits per heavy atom. The third-order valence-corrected chi connectivity index (χ3v) is 5.26. The van der Waals surface area contributed by atoms with Crippen LogP contribution in [0.3, 0.4) is 0 Å². The third kappa shape index (κ3) is 4.83. The number of aryl methyl sites for hydroxylation is 1. The maximum Gasteiger partial charge on any atom is 0.342 e. The predicted octanol–water partition coefficient (Wildman–Crippen LogP) is 3.80. The lowest BCUT2D eigenvalue weighted by Crippen LogP contribution is -1.98. The molecule has 1 heterocycles. The summed E-state index contributed by atoms with van der Waals surface area (Å²) in [4.78, 5) is 15.9. The Hall–Kier alpha value is -0.820. The Bertz CT molecular complexity index is 738. The van der Waals surface area contributed by atoms with Gasteiger partial charge >= 0.3 is 5.97 Å². The van der Waals surface area contributed by atoms with E-state index in [2.05, 4.69) is 60.4 Å². The molecule has 0 atom stereocenters. The number of carboxylic acids is 1. The summed E-state index contributed by atoms with van der Waals surface area (Å²) in [7, 11) is 1.61. The first-order valence-electron chi connectivity index (χ1n) is 6.51. The van der Waals surface area contributed by atoms with Gasteiger partial charge in [0.15, 0.2) is 0 Å². The lowest BCUT2D eigenvalue weighted by atomic mass is 10.2. The maximum absolute atomic E-state index is 11.5. The average Bonchev–Trinajstić information content (AvgIpc) is 2.94. The molecule has 2 N–H and O–H groups in total. The molecule has 0 aliphatic heterocycles. The van der Waals surface area contributed by atoms with Crippen molar-refractivity contribution in [3.63, 3.8) is 0 Å². The summed E-state index contributed by atoms with van der Waals surface area (Å²) in [6.07, 6.45) is 2.33. The van der Waals surface area contributed by atoms with E-state index >= 15 is 0 Å². The van der Waals surface area contributed by atoms with Crippen LogP contribution in [0.4, 0.5) is 0 Å². The number of nitrogens with zero attached hydrogens (tertiary/aromatic N) is 2. The largest absolute Gasteiger partial charge is 0.495 e. The smallest absolute Gasteiger partial charge is 0.342 e. The number of aromatic amines is 1. The van der Waals surface area contributed by atoms with Gasteiger partial charge in [0.2, 0.25) is 5.16 Å². The molecule has 0 unspecified atom stereocenters. The fourth-order valence-corrected chi connectivity index (χ4v) is 4.71. The zero-order chi connectivity index (χ0) is 17.0. The van der Waals surface area contributed by atoms with Gasteiger partial charge in [0.25, 0.3) is 0 Å². The number of hydrogen-bond donors (Lipinski definition) is 2. The van der Waals surface area contributed by atoms with Gasteiger partial charge in [-0.2, -0.15) is 0 Å². The molecule has 0 radical (unpaired) electrons. The van der Waals surface area contributed by atoms with Crippen molar-refractivity contribution >= 4 is 69.0 Å². The van der Waals surface area contributed by atoms with Gasteiger partial charge < -0.3 is 9.84 Å². The summed E-state index contributed by atoms with van der Waals surface area (Å²) in [5.74, 6) is 0.499. The van der Waals surface area contributed by atoms with Gasteiger partial charge in [-0.25, -0.2) is 9.78 Å². The lowest BCUT2D eigenvalue weighted by molar-refractivity contribution is -0.131. The predicted molar refractivity (Wildman–Crippen MR) is 106 cm³/mol. The van der Waals surface area contributed by atoms with E-state index in [4.69, 9.17) is 4.74 Å². The number of aliphatic carboxylic acids is 1. The van der Waals surface area contributed by atoms with Gasteiger partial charge in [0.05, 0.1) is 14.3 Å². The molecule has 0 bridgehead atoms. The van der Waals surface area contributed by atoms with Crippen molar-refractivity contribution in [2.45, 2.75) is 18.5 Å². The molecule has 2 rings (SSSR count). The number of halogens is 2. The maximum atomic E-state index is 11.5. The Kier molecular flexibility index (Phi) is 6.71. The monoisotopic (exact) mass is 557 g/mol. The minimum Gasteiger partial charge on any atom is -0.495 e. The molecule has 23 heavy (non-hydrogen) atoms. The quantitative estimate of drug-likeness (QED) is 0.320. The summed E-state index contributed by atoms with van der Waals surface area (Å²) < 4.78 is 7.15. The van der Waals surface area contributed by atoms with E-state index < -0.39 is 5.97 Å². The lowest BCUT2D eigenvalue weighted by Gasteiger charge is -2.08. The molecule has 0 saturated heterocycles. The molecule has 0 fully saturated rings. The molecule has 9 heteroatoms. The number of rotatable bonds is 6. The van der Waals surface area contributed by atoms with Crippen molar-refractivity contribution in [3.8, 4) is 5.75 Å². The Balaban J connectivity index is 2.33. The van der Waals surface area contributed by atoms with Crippen LogP contribution >= 0.6 is 56.9 Å². The second kappa shape index (κ2) is 8.33. The zero-order valence-electron chi connectivity index (χ0n) is 12.3. The Labute approximate surface area is 164 Å². The standard InChI is InChI=1S/C14H13I2N3O3S/c1-3-11-17-14(19-18-11)23-10(13(20)21)6-7-4-8(15)12(22-2)9(16)5-7/h4-6H,3H2,1-2H3,(H,20,21)(H,17,18,19)/b10-6-. The van der Waals surface area contributed by atoms with Crippen LogP contribution in [0.25, 0.3) is 6.08 Å². The highest BCUT2D eigenvalue weighted by Gasteiger charge is 2.14. The topological polar surface area (TPSA) is 88.1 Å². The number of nitrogens with one attached hydrogen (secondary N) is 1. The second-order valence-corrected chi connectivity index (χ2v) is 7.69. The molecule has 0 spiro atoms. The van der Waals surface area contributed by atoms with E-state index in [9.17, 15) is 9.90 Å². The number of carboxylic acid groups (broad SMARTS) is 1. The van der Waals surface area contributed by atoms with Crippen LogP contribution in [0.1, 0.15) is 18.3 Å². The van der Waals surface area contributed by atoms with Crippen molar-refractivity contribution in [2.24, 2.45) is 0 Å². The summed E-state index contributed by atoms with van der Waals surface area (Å²) in [5, 5.41) is 16.6. The van der Waals surface area contributed by atoms with E-state index in [1.54, 1.807) is 13.2 Å². The van der Waals surface area contributed by atoms with Crippen LogP contribution in [0.5, 0.6) is 5.75 Å². The Morgan fingerprint density at radius 3 is 2.57 bits per heavy atom. The number of aromatic nitrogens is 3. The number of methoxy groups -OCH3 is 1. The van der Waals surface area contributed by atoms with Gasteiger partial charge in [-0.05, 0) is 80.7 Å². The van der Waals surface area contributed by atoms with Crippen LogP contribution in [0.2, 0.25) is 0 Å². The van der Waals surface area contributed by atoms with Crippen molar-refractivity contribution in [2.75, 3.05) is 7.11 Å². The second-order valence-electron chi connectivity index (χ2n) is 4.35. The number of carbonyl (C=O) groups is 1. The van der Waals surface area contributed by atoms with Crippen LogP contribution < -0.4 is 4.74 Å². The molecule has 1 aromatic carbocycles. The van der Waals surface area contributed by atoms with Crippen LogP contribution in [-0.2, 0) is 11.2 Å². The van der Waals surface area contributed by atoms with Crippen LogP contribution in [-0.4, -0.2) is 33.4 Å². The van der Waals surface area contributed by atoms with E-state index in [0.29, 0.717) is 11.6 Å². The molecule has 0 saturated carbocycles. The SMILES string of the molecule is CCc1nc(S/C(=C\c2cc(I)c(OC)c(I)c2)C(=O)O)n[nH]1. The van der Waals surface area contributed by atoms with Gasteiger partial charge in [-0.3, -0.25) is 5.10 Å². The molecule has 6 nitrogen and oxygen atoms in total. The van der Waals surface area contributed by atoms with Gasteiger partial charge in [-0.15, -0.1) is 5.10 Å². The first kappa shape index (κ1) is 18.5. The molecule has 0 aliphatic carbocycles.